The molecule has 3 amide bonds. The summed E-state index contributed by atoms with van der Waals surface area (Å²) < 4.78 is 5.02. The number of ether oxygens (including phenoxy) is 1. The number of nitrogens with zero attached hydrogens (tertiary/aromatic N) is 1. The fourth-order valence-electron chi connectivity index (χ4n) is 3.08. The fourth-order valence-corrected chi connectivity index (χ4v) is 3.08. The van der Waals surface area contributed by atoms with Gasteiger partial charge in [-0.05, 0) is 62.8 Å². The van der Waals surface area contributed by atoms with Crippen LogP contribution in [0.2, 0.25) is 0 Å². The molecule has 26 heavy (non-hydrogen) atoms. The highest BCUT2D eigenvalue weighted by atomic mass is 16.5. The van der Waals surface area contributed by atoms with E-state index in [0.717, 1.165) is 37.9 Å². The summed E-state index contributed by atoms with van der Waals surface area (Å²) in [5.41, 5.74) is 2.27. The molecular formula is C20H31N3O3. The molecule has 6 nitrogen and oxygen atoms in total. The normalized spacial score (nSPS) is 16.2. The first-order chi connectivity index (χ1) is 12.4. The second kappa shape index (κ2) is 9.57. The third kappa shape index (κ3) is 5.73. The van der Waals surface area contributed by atoms with Crippen LogP contribution in [0.4, 0.5) is 10.5 Å². The van der Waals surface area contributed by atoms with Crippen LogP contribution in [0.5, 0.6) is 0 Å². The van der Waals surface area contributed by atoms with Crippen molar-refractivity contribution in [3.63, 3.8) is 0 Å². The highest BCUT2D eigenvalue weighted by Crippen LogP contribution is 2.21. The molecule has 2 rings (SSSR count). The minimum absolute atomic E-state index is 0.0256. The number of urea groups is 1. The topological polar surface area (TPSA) is 70.7 Å². The Morgan fingerprint density at radius 1 is 1.31 bits per heavy atom. The summed E-state index contributed by atoms with van der Waals surface area (Å²) in [6.45, 7) is 8.31. The fraction of sp³-hybridized carbons (Fsp3) is 0.600. The van der Waals surface area contributed by atoms with Gasteiger partial charge in [0.15, 0.2) is 0 Å². The van der Waals surface area contributed by atoms with Crippen molar-refractivity contribution >= 4 is 17.6 Å². The number of piperidine rings is 1. The number of benzene rings is 1. The first kappa shape index (κ1) is 20.2. The molecule has 0 aromatic heterocycles. The number of aryl methyl sites for hydroxylation is 1. The maximum atomic E-state index is 12.7. The minimum atomic E-state index is -0.249. The molecule has 144 valence electrons. The average Bonchev–Trinajstić information content (AvgIpc) is 2.61. The van der Waals surface area contributed by atoms with Gasteiger partial charge >= 0.3 is 6.03 Å². The van der Waals surface area contributed by atoms with Crippen molar-refractivity contribution in [1.82, 2.24) is 10.2 Å². The molecule has 1 heterocycles. The number of amides is 3. The smallest absolute Gasteiger partial charge is 0.319 e. The molecule has 6 heteroatoms. The predicted octanol–water partition coefficient (Wildman–Crippen LogP) is 3.41. The molecule has 1 unspecified atom stereocenters. The molecule has 1 aliphatic rings. The first-order valence-electron chi connectivity index (χ1n) is 9.37. The van der Waals surface area contributed by atoms with Crippen LogP contribution < -0.4 is 10.6 Å². The number of anilines is 1. The van der Waals surface area contributed by atoms with Gasteiger partial charge in [0.1, 0.15) is 0 Å². The SMILES string of the molecule is COCCC(C)NC(=O)Nc1ccc(C(=O)N2CCC(C)CC2)cc1C. The molecule has 1 aromatic rings. The van der Waals surface area contributed by atoms with Gasteiger partial charge in [0, 0.05) is 44.1 Å². The summed E-state index contributed by atoms with van der Waals surface area (Å²) in [5, 5.41) is 5.73. The van der Waals surface area contributed by atoms with Gasteiger partial charge < -0.3 is 20.3 Å². The number of carbonyl (C=O) groups is 2. The van der Waals surface area contributed by atoms with Gasteiger partial charge in [-0.2, -0.15) is 0 Å². The van der Waals surface area contributed by atoms with Crippen molar-refractivity contribution in [2.24, 2.45) is 5.92 Å². The Labute approximate surface area is 156 Å². The van der Waals surface area contributed by atoms with E-state index in [9.17, 15) is 9.59 Å². The molecule has 1 atom stereocenters. The Kier molecular flexibility index (Phi) is 7.45. The number of hydrogen-bond donors (Lipinski definition) is 2. The third-order valence-corrected chi connectivity index (χ3v) is 4.92. The van der Waals surface area contributed by atoms with E-state index >= 15 is 0 Å². The van der Waals surface area contributed by atoms with Crippen molar-refractivity contribution in [2.45, 2.75) is 46.1 Å². The number of likely N-dealkylation sites (tertiary alicyclic amines) is 1. The summed E-state index contributed by atoms with van der Waals surface area (Å²) in [6, 6.07) is 5.22. The van der Waals surface area contributed by atoms with E-state index in [0.29, 0.717) is 23.8 Å². The predicted molar refractivity (Wildman–Crippen MR) is 104 cm³/mol. The van der Waals surface area contributed by atoms with Gasteiger partial charge in [-0.1, -0.05) is 6.92 Å². The number of carbonyl (C=O) groups excluding carboxylic acids is 2. The summed E-state index contributed by atoms with van der Waals surface area (Å²) >= 11 is 0. The van der Waals surface area contributed by atoms with Crippen molar-refractivity contribution in [3.8, 4) is 0 Å². The quantitative estimate of drug-likeness (QED) is 0.816. The molecule has 1 aromatic carbocycles. The summed E-state index contributed by atoms with van der Waals surface area (Å²) in [4.78, 5) is 26.7. The molecule has 1 saturated heterocycles. The average molecular weight is 361 g/mol. The van der Waals surface area contributed by atoms with Crippen molar-refractivity contribution in [2.75, 3.05) is 32.1 Å². The Bertz CT molecular complexity index is 625. The van der Waals surface area contributed by atoms with Crippen LogP contribution in [0, 0.1) is 12.8 Å². The van der Waals surface area contributed by atoms with E-state index in [1.165, 1.54) is 0 Å². The first-order valence-corrected chi connectivity index (χ1v) is 9.37. The molecule has 0 bridgehead atoms. The van der Waals surface area contributed by atoms with Crippen LogP contribution >= 0.6 is 0 Å². The van der Waals surface area contributed by atoms with Crippen molar-refractivity contribution in [3.05, 3.63) is 29.3 Å². The molecule has 0 spiro atoms. The summed E-state index contributed by atoms with van der Waals surface area (Å²) in [6.07, 6.45) is 2.88. The Morgan fingerprint density at radius 3 is 2.62 bits per heavy atom. The van der Waals surface area contributed by atoms with Gasteiger partial charge in [0.05, 0.1) is 0 Å². The molecular weight excluding hydrogens is 330 g/mol. The lowest BCUT2D eigenvalue weighted by atomic mass is 9.98. The molecule has 0 aliphatic carbocycles. The Balaban J connectivity index is 1.94. The zero-order valence-corrected chi connectivity index (χ0v) is 16.3. The molecule has 2 N–H and O–H groups in total. The van der Waals surface area contributed by atoms with Crippen LogP contribution in [0.25, 0.3) is 0 Å². The van der Waals surface area contributed by atoms with Crippen LogP contribution in [-0.2, 0) is 4.74 Å². The highest BCUT2D eigenvalue weighted by Gasteiger charge is 2.21. The van der Waals surface area contributed by atoms with Crippen molar-refractivity contribution in [1.29, 1.82) is 0 Å². The summed E-state index contributed by atoms with van der Waals surface area (Å²) in [7, 11) is 1.64. The van der Waals surface area contributed by atoms with E-state index in [-0.39, 0.29) is 18.0 Å². The molecule has 0 radical (unpaired) electrons. The van der Waals surface area contributed by atoms with Crippen LogP contribution in [0.3, 0.4) is 0 Å². The zero-order valence-electron chi connectivity index (χ0n) is 16.3. The van der Waals surface area contributed by atoms with E-state index < -0.39 is 0 Å². The van der Waals surface area contributed by atoms with Crippen LogP contribution in [-0.4, -0.2) is 49.7 Å². The lowest BCUT2D eigenvalue weighted by molar-refractivity contribution is 0.0697. The van der Waals surface area contributed by atoms with Crippen LogP contribution in [0.15, 0.2) is 18.2 Å². The monoisotopic (exact) mass is 361 g/mol. The molecule has 0 saturated carbocycles. The van der Waals surface area contributed by atoms with Crippen LogP contribution in [0.1, 0.15) is 49.0 Å². The number of methoxy groups -OCH3 is 1. The Morgan fingerprint density at radius 2 is 2.00 bits per heavy atom. The minimum Gasteiger partial charge on any atom is -0.385 e. The van der Waals surface area contributed by atoms with E-state index in [2.05, 4.69) is 17.6 Å². The number of hydrogen-bond acceptors (Lipinski definition) is 3. The second-order valence-electron chi connectivity index (χ2n) is 7.29. The highest BCUT2D eigenvalue weighted by molar-refractivity contribution is 5.96. The maximum absolute atomic E-state index is 12.7. The van der Waals surface area contributed by atoms with E-state index in [4.69, 9.17) is 4.74 Å². The zero-order chi connectivity index (χ0) is 19.1. The molecule has 1 fully saturated rings. The van der Waals surface area contributed by atoms with Gasteiger partial charge in [-0.3, -0.25) is 4.79 Å². The van der Waals surface area contributed by atoms with Gasteiger partial charge in [-0.25, -0.2) is 4.79 Å². The number of rotatable bonds is 6. The maximum Gasteiger partial charge on any atom is 0.319 e. The third-order valence-electron chi connectivity index (χ3n) is 4.92. The largest absolute Gasteiger partial charge is 0.385 e. The lowest BCUT2D eigenvalue weighted by Crippen LogP contribution is -2.38. The van der Waals surface area contributed by atoms with E-state index in [1.807, 2.05) is 24.8 Å². The number of nitrogens with one attached hydrogen (secondary N) is 2. The Hall–Kier alpha value is -2.08. The van der Waals surface area contributed by atoms with Gasteiger partial charge in [0.25, 0.3) is 5.91 Å². The standard InChI is InChI=1S/C20H31N3O3/c1-14-7-10-23(11-8-14)19(24)17-5-6-18(15(2)13-17)22-20(25)21-16(3)9-12-26-4/h5-6,13-14,16H,7-12H2,1-4H3,(H2,21,22,25). The lowest BCUT2D eigenvalue weighted by Gasteiger charge is -2.30. The summed E-state index contributed by atoms with van der Waals surface area (Å²) in [5.74, 6) is 0.765. The molecule has 1 aliphatic heterocycles. The van der Waals surface area contributed by atoms with E-state index in [1.54, 1.807) is 19.2 Å². The van der Waals surface area contributed by atoms with Crippen molar-refractivity contribution < 1.29 is 14.3 Å². The second-order valence-corrected chi connectivity index (χ2v) is 7.29. The van der Waals surface area contributed by atoms with Gasteiger partial charge in [-0.15, -0.1) is 0 Å². The van der Waals surface area contributed by atoms with Gasteiger partial charge in [0.2, 0.25) is 0 Å².